The Kier molecular flexibility index (Phi) is 7.85. The van der Waals surface area contributed by atoms with E-state index in [4.69, 9.17) is 9.79 Å². The van der Waals surface area contributed by atoms with Gasteiger partial charge in [0.25, 0.3) is 0 Å². The van der Waals surface area contributed by atoms with Gasteiger partial charge in [0, 0.05) is 22.8 Å². The summed E-state index contributed by atoms with van der Waals surface area (Å²) in [6, 6.07) is 19.0. The van der Waals surface area contributed by atoms with E-state index in [2.05, 4.69) is 15.9 Å². The molecular formula is C26H22BrF2N2O6P. The molecule has 0 spiro atoms. The molecule has 12 heteroatoms. The average Bonchev–Trinajstić information content (AvgIpc) is 3.17. The van der Waals surface area contributed by atoms with Crippen molar-refractivity contribution < 1.29 is 33.0 Å². The van der Waals surface area contributed by atoms with Crippen molar-refractivity contribution in [3.63, 3.8) is 0 Å². The van der Waals surface area contributed by atoms with Crippen LogP contribution in [0.5, 0.6) is 0 Å². The summed E-state index contributed by atoms with van der Waals surface area (Å²) in [6.45, 7) is 0.334. The van der Waals surface area contributed by atoms with E-state index in [0.717, 1.165) is 11.6 Å². The molecule has 0 aliphatic rings. The van der Waals surface area contributed by atoms with Gasteiger partial charge in [0.1, 0.15) is 0 Å². The van der Waals surface area contributed by atoms with Crippen molar-refractivity contribution in [2.75, 3.05) is 0 Å². The Bertz CT molecular complexity index is 1580. The second-order valence-electron chi connectivity index (χ2n) is 8.59. The van der Waals surface area contributed by atoms with Crippen LogP contribution in [0.15, 0.2) is 88.3 Å². The zero-order chi connectivity index (χ0) is 27.7. The summed E-state index contributed by atoms with van der Waals surface area (Å²) in [5.74, 6) is -1.09. The molecule has 0 atom stereocenters. The summed E-state index contributed by atoms with van der Waals surface area (Å²) in [5.41, 5.74) is -3.02. The number of carboxylic acid groups (broad SMARTS) is 1. The maximum atomic E-state index is 14.3. The lowest BCUT2D eigenvalue weighted by Gasteiger charge is -2.19. The smallest absolute Gasteiger partial charge is 0.399 e. The van der Waals surface area contributed by atoms with Crippen LogP contribution in [0.1, 0.15) is 27.0 Å². The first kappa shape index (κ1) is 27.7. The molecule has 0 bridgehead atoms. The number of rotatable bonds is 9. The molecule has 3 N–H and O–H groups in total. The van der Waals surface area contributed by atoms with Gasteiger partial charge in [0.15, 0.2) is 0 Å². The molecule has 3 aromatic carbocycles. The van der Waals surface area contributed by atoms with Gasteiger partial charge >= 0.3 is 24.9 Å². The van der Waals surface area contributed by atoms with Crippen LogP contribution < -0.4 is 5.69 Å². The summed E-state index contributed by atoms with van der Waals surface area (Å²) in [7, 11) is -5.76. The van der Waals surface area contributed by atoms with Crippen LogP contribution >= 0.6 is 23.5 Å². The van der Waals surface area contributed by atoms with Crippen molar-refractivity contribution >= 4 is 29.5 Å². The number of imidazole rings is 1. The largest absolute Gasteiger partial charge is 0.478 e. The Morgan fingerprint density at radius 3 is 2.21 bits per heavy atom. The summed E-state index contributed by atoms with van der Waals surface area (Å²) in [4.78, 5) is 42.8. The number of benzene rings is 3. The Morgan fingerprint density at radius 1 is 0.974 bits per heavy atom. The highest BCUT2D eigenvalue weighted by atomic mass is 79.9. The standard InChI is InChI=1S/C26H22BrF2N2O6P/c27-22-14-18(6-11-21(22)26(28,29)38(35,36)37)15-31-23(19-7-9-20(10-8-19)24(32)33)16-30(25(31)34)13-12-17-4-2-1-3-5-17/h1-11,14,16H,12-13,15H2,(H,32,33)(H2,35,36,37). The predicted molar refractivity (Wildman–Crippen MR) is 140 cm³/mol. The number of halogens is 3. The molecule has 0 fully saturated rings. The second kappa shape index (κ2) is 10.8. The van der Waals surface area contributed by atoms with Gasteiger partial charge in [0.05, 0.1) is 17.8 Å². The molecule has 0 amide bonds. The molecule has 198 valence electrons. The molecule has 4 rings (SSSR count). The van der Waals surface area contributed by atoms with Gasteiger partial charge in [0.2, 0.25) is 0 Å². The Morgan fingerprint density at radius 2 is 1.63 bits per heavy atom. The van der Waals surface area contributed by atoms with Crippen molar-refractivity contribution in [1.29, 1.82) is 0 Å². The van der Waals surface area contributed by atoms with E-state index in [1.165, 1.54) is 33.4 Å². The highest BCUT2D eigenvalue weighted by Gasteiger charge is 2.51. The average molecular weight is 607 g/mol. The fraction of sp³-hybridized carbons (Fsp3) is 0.154. The van der Waals surface area contributed by atoms with Crippen molar-refractivity contribution in [3.05, 3.63) is 116 Å². The van der Waals surface area contributed by atoms with Crippen LogP contribution in [0.4, 0.5) is 8.78 Å². The maximum absolute atomic E-state index is 14.3. The van der Waals surface area contributed by atoms with E-state index >= 15 is 0 Å². The van der Waals surface area contributed by atoms with Gasteiger partial charge in [-0.2, -0.15) is 8.78 Å². The van der Waals surface area contributed by atoms with E-state index in [0.29, 0.717) is 29.8 Å². The zero-order valence-electron chi connectivity index (χ0n) is 19.7. The number of aromatic nitrogens is 2. The van der Waals surface area contributed by atoms with Crippen molar-refractivity contribution in [2.45, 2.75) is 25.2 Å². The lowest BCUT2D eigenvalue weighted by Crippen LogP contribution is -2.25. The molecular weight excluding hydrogens is 585 g/mol. The molecule has 0 saturated heterocycles. The minimum Gasteiger partial charge on any atom is -0.478 e. The summed E-state index contributed by atoms with van der Waals surface area (Å²) < 4.78 is 42.6. The first-order valence-corrected chi connectivity index (χ1v) is 13.7. The Labute approximate surface area is 224 Å². The molecule has 0 radical (unpaired) electrons. The zero-order valence-corrected chi connectivity index (χ0v) is 22.1. The third kappa shape index (κ3) is 5.71. The number of aryl methyl sites for hydroxylation is 2. The number of hydrogen-bond acceptors (Lipinski definition) is 3. The molecule has 0 aliphatic carbocycles. The lowest BCUT2D eigenvalue weighted by molar-refractivity contribution is 0.0557. The summed E-state index contributed by atoms with van der Waals surface area (Å²) in [6.07, 6.45) is 2.24. The van der Waals surface area contributed by atoms with Gasteiger partial charge < -0.3 is 14.9 Å². The number of carboxylic acids is 1. The van der Waals surface area contributed by atoms with Gasteiger partial charge in [-0.15, -0.1) is 0 Å². The van der Waals surface area contributed by atoms with Gasteiger partial charge in [-0.05, 0) is 41.3 Å². The molecule has 4 aromatic rings. The van der Waals surface area contributed by atoms with Crippen molar-refractivity contribution in [3.8, 4) is 11.3 Å². The molecule has 1 heterocycles. The number of alkyl halides is 2. The van der Waals surface area contributed by atoms with E-state index in [9.17, 15) is 28.0 Å². The van der Waals surface area contributed by atoms with Crippen LogP contribution in [0.25, 0.3) is 11.3 Å². The first-order valence-electron chi connectivity index (χ1n) is 11.3. The predicted octanol–water partition coefficient (Wildman–Crippen LogP) is 5.30. The van der Waals surface area contributed by atoms with E-state index < -0.39 is 24.8 Å². The molecule has 0 unspecified atom stereocenters. The number of hydrogen-bond donors (Lipinski definition) is 3. The quantitative estimate of drug-likeness (QED) is 0.222. The van der Waals surface area contributed by atoms with E-state index in [1.807, 2.05) is 30.3 Å². The van der Waals surface area contributed by atoms with Crippen LogP contribution in [0.3, 0.4) is 0 Å². The van der Waals surface area contributed by atoms with Crippen LogP contribution in [0, 0.1) is 0 Å². The van der Waals surface area contributed by atoms with Gasteiger partial charge in [-0.25, -0.2) is 9.59 Å². The van der Waals surface area contributed by atoms with Crippen LogP contribution in [-0.4, -0.2) is 30.0 Å². The summed E-state index contributed by atoms with van der Waals surface area (Å²) in [5, 5.41) is 9.21. The molecule has 38 heavy (non-hydrogen) atoms. The fourth-order valence-electron chi connectivity index (χ4n) is 3.99. The second-order valence-corrected chi connectivity index (χ2v) is 11.1. The number of carbonyl (C=O) groups is 1. The molecule has 0 aliphatic heterocycles. The molecule has 1 aromatic heterocycles. The van der Waals surface area contributed by atoms with Crippen molar-refractivity contribution in [1.82, 2.24) is 9.13 Å². The molecule has 8 nitrogen and oxygen atoms in total. The normalized spacial score (nSPS) is 12.0. The number of nitrogens with zero attached hydrogens (tertiary/aromatic N) is 2. The van der Waals surface area contributed by atoms with E-state index in [1.54, 1.807) is 18.3 Å². The third-order valence-electron chi connectivity index (χ3n) is 6.02. The minimum absolute atomic E-state index is 0.0342. The SMILES string of the molecule is O=C(O)c1ccc(-c2cn(CCc3ccccc3)c(=O)n2Cc2ccc(C(F)(F)P(=O)(O)O)c(Br)c2)cc1. The van der Waals surface area contributed by atoms with E-state index in [-0.39, 0.29) is 22.3 Å². The van der Waals surface area contributed by atoms with Crippen molar-refractivity contribution in [2.24, 2.45) is 0 Å². The maximum Gasteiger partial charge on any atom is 0.399 e. The van der Waals surface area contributed by atoms with Crippen LogP contribution in [-0.2, 0) is 29.7 Å². The summed E-state index contributed by atoms with van der Waals surface area (Å²) >= 11 is 2.98. The van der Waals surface area contributed by atoms with Gasteiger partial charge in [-0.3, -0.25) is 13.7 Å². The van der Waals surface area contributed by atoms with Gasteiger partial charge in [-0.1, -0.05) is 70.5 Å². The number of aromatic carboxylic acids is 1. The first-order chi connectivity index (χ1) is 17.9. The third-order valence-corrected chi connectivity index (χ3v) is 7.65. The Balaban J connectivity index is 1.73. The lowest BCUT2D eigenvalue weighted by atomic mass is 10.1. The highest BCUT2D eigenvalue weighted by molar-refractivity contribution is 9.10. The minimum atomic E-state index is -5.76. The van der Waals surface area contributed by atoms with Crippen LogP contribution in [0.2, 0.25) is 0 Å². The topological polar surface area (TPSA) is 122 Å². The fourth-order valence-corrected chi connectivity index (χ4v) is 5.33. The monoisotopic (exact) mass is 606 g/mol. The molecule has 0 saturated carbocycles. The highest BCUT2D eigenvalue weighted by Crippen LogP contribution is 2.60. The Hall–Kier alpha value is -3.37.